The maximum absolute atomic E-state index is 14.2. The van der Waals surface area contributed by atoms with E-state index in [9.17, 15) is 14.0 Å². The highest BCUT2D eigenvalue weighted by atomic mass is 35.5. The number of nitrogens with one attached hydrogen (secondary N) is 1. The Labute approximate surface area is 181 Å². The smallest absolute Gasteiger partial charge is 0.253 e. The van der Waals surface area contributed by atoms with Crippen molar-refractivity contribution in [1.82, 2.24) is 9.80 Å². The van der Waals surface area contributed by atoms with Crippen LogP contribution in [0.1, 0.15) is 42.6 Å². The van der Waals surface area contributed by atoms with Crippen LogP contribution in [0.25, 0.3) is 0 Å². The van der Waals surface area contributed by atoms with Gasteiger partial charge in [-0.05, 0) is 57.0 Å². The molecule has 1 N–H and O–H groups in total. The largest absolute Gasteiger partial charge is 0.339 e. The van der Waals surface area contributed by atoms with E-state index < -0.39 is 0 Å². The second-order valence-electron chi connectivity index (χ2n) is 7.44. The lowest BCUT2D eigenvalue weighted by molar-refractivity contribution is -0.117. The van der Waals surface area contributed by atoms with E-state index in [1.807, 2.05) is 18.7 Å². The van der Waals surface area contributed by atoms with Gasteiger partial charge >= 0.3 is 0 Å². The molecular weight excluding hydrogens is 405 g/mol. The molecule has 3 rings (SSSR count). The molecule has 1 aliphatic rings. The summed E-state index contributed by atoms with van der Waals surface area (Å²) in [4.78, 5) is 28.9. The average Bonchev–Trinajstić information content (AvgIpc) is 3.56. The third-order valence-electron chi connectivity index (χ3n) is 5.28. The number of nitrogens with zero attached hydrogens (tertiary/aromatic N) is 2. The number of carbonyl (C=O) groups is 2. The number of rotatable bonds is 9. The molecule has 1 saturated carbocycles. The van der Waals surface area contributed by atoms with E-state index in [-0.39, 0.29) is 36.8 Å². The van der Waals surface area contributed by atoms with Crippen LogP contribution in [0.3, 0.4) is 0 Å². The fraction of sp³-hybridized carbons (Fsp3) is 0.391. The van der Waals surface area contributed by atoms with Gasteiger partial charge in [-0.25, -0.2) is 4.39 Å². The summed E-state index contributed by atoms with van der Waals surface area (Å²) in [7, 11) is 0. The van der Waals surface area contributed by atoms with E-state index in [0.717, 1.165) is 12.8 Å². The van der Waals surface area contributed by atoms with Gasteiger partial charge in [-0.2, -0.15) is 0 Å². The number of hydrogen-bond acceptors (Lipinski definition) is 3. The van der Waals surface area contributed by atoms with Crippen molar-refractivity contribution in [3.63, 3.8) is 0 Å². The highest BCUT2D eigenvalue weighted by Gasteiger charge is 2.31. The monoisotopic (exact) mass is 431 g/mol. The first-order valence-electron chi connectivity index (χ1n) is 10.3. The zero-order valence-electron chi connectivity index (χ0n) is 17.3. The van der Waals surface area contributed by atoms with E-state index in [1.165, 1.54) is 6.07 Å². The van der Waals surface area contributed by atoms with Gasteiger partial charge in [-0.15, -0.1) is 0 Å². The summed E-state index contributed by atoms with van der Waals surface area (Å²) in [6.45, 7) is 5.53. The van der Waals surface area contributed by atoms with Gasteiger partial charge in [0.25, 0.3) is 5.91 Å². The summed E-state index contributed by atoms with van der Waals surface area (Å²) in [5, 5.41) is 3.23. The molecule has 2 aromatic carbocycles. The van der Waals surface area contributed by atoms with Gasteiger partial charge in [0.1, 0.15) is 5.82 Å². The molecule has 0 atom stereocenters. The third-order valence-corrected chi connectivity index (χ3v) is 5.63. The first-order valence-corrected chi connectivity index (χ1v) is 10.7. The normalized spacial score (nSPS) is 13.4. The summed E-state index contributed by atoms with van der Waals surface area (Å²) in [6.07, 6.45) is 1.96. The first-order chi connectivity index (χ1) is 14.4. The fourth-order valence-electron chi connectivity index (χ4n) is 3.45. The molecule has 0 spiro atoms. The molecule has 0 radical (unpaired) electrons. The maximum Gasteiger partial charge on any atom is 0.253 e. The Morgan fingerprint density at radius 3 is 2.47 bits per heavy atom. The van der Waals surface area contributed by atoms with E-state index in [4.69, 9.17) is 11.6 Å². The van der Waals surface area contributed by atoms with Crippen LogP contribution in [0.2, 0.25) is 5.02 Å². The maximum atomic E-state index is 14.2. The summed E-state index contributed by atoms with van der Waals surface area (Å²) >= 11 is 6.16. The van der Waals surface area contributed by atoms with Crippen LogP contribution in [0, 0.1) is 5.82 Å². The van der Waals surface area contributed by atoms with Crippen molar-refractivity contribution in [3.8, 4) is 0 Å². The lowest BCUT2D eigenvalue weighted by Gasteiger charge is -2.22. The predicted octanol–water partition coefficient (Wildman–Crippen LogP) is 4.56. The number of carbonyl (C=O) groups excluding carboxylic acids is 2. The van der Waals surface area contributed by atoms with Gasteiger partial charge in [0, 0.05) is 47.5 Å². The minimum atomic E-state index is -0.365. The molecule has 160 valence electrons. The Hall–Kier alpha value is -2.44. The lowest BCUT2D eigenvalue weighted by Crippen LogP contribution is -2.35. The van der Waals surface area contributed by atoms with Crippen LogP contribution in [0.4, 0.5) is 10.1 Å². The van der Waals surface area contributed by atoms with Crippen molar-refractivity contribution >= 4 is 29.1 Å². The standard InChI is InChI=1S/C23H27ClFN3O2/c1-3-27(4-2)23(30)16-7-5-8-17(13-16)26-22(29)15-28(18-11-12-18)14-19-20(24)9-6-10-21(19)25/h5-10,13,18H,3-4,11-12,14-15H2,1-2H3,(H,26,29). The summed E-state index contributed by atoms with van der Waals surface area (Å²) in [5.74, 6) is -0.636. The van der Waals surface area contributed by atoms with E-state index in [0.29, 0.717) is 34.9 Å². The summed E-state index contributed by atoms with van der Waals surface area (Å²) in [6, 6.07) is 11.8. The Morgan fingerprint density at radius 2 is 1.83 bits per heavy atom. The Morgan fingerprint density at radius 1 is 1.13 bits per heavy atom. The Balaban J connectivity index is 1.67. The Kier molecular flexibility index (Phi) is 7.45. The van der Waals surface area contributed by atoms with Crippen molar-refractivity contribution in [2.75, 3.05) is 25.0 Å². The second-order valence-corrected chi connectivity index (χ2v) is 7.85. The van der Waals surface area contributed by atoms with Crippen LogP contribution < -0.4 is 5.32 Å². The molecule has 0 aromatic heterocycles. The zero-order chi connectivity index (χ0) is 21.7. The molecule has 1 fully saturated rings. The molecule has 0 saturated heterocycles. The van der Waals surface area contributed by atoms with Crippen molar-refractivity contribution in [3.05, 3.63) is 64.4 Å². The van der Waals surface area contributed by atoms with Crippen LogP contribution in [0.5, 0.6) is 0 Å². The van der Waals surface area contributed by atoms with E-state index >= 15 is 0 Å². The van der Waals surface area contributed by atoms with Gasteiger partial charge in [0.15, 0.2) is 0 Å². The van der Waals surface area contributed by atoms with Crippen molar-refractivity contribution < 1.29 is 14.0 Å². The quantitative estimate of drug-likeness (QED) is 0.633. The topological polar surface area (TPSA) is 52.7 Å². The molecule has 2 amide bonds. The number of anilines is 1. The van der Waals surface area contributed by atoms with Crippen LogP contribution in [-0.4, -0.2) is 47.3 Å². The number of halogens is 2. The number of amides is 2. The number of hydrogen-bond donors (Lipinski definition) is 1. The highest BCUT2D eigenvalue weighted by molar-refractivity contribution is 6.31. The minimum Gasteiger partial charge on any atom is -0.339 e. The van der Waals surface area contributed by atoms with Crippen LogP contribution >= 0.6 is 11.6 Å². The van der Waals surface area contributed by atoms with Gasteiger partial charge in [-0.1, -0.05) is 23.7 Å². The van der Waals surface area contributed by atoms with Gasteiger partial charge in [0.05, 0.1) is 6.54 Å². The van der Waals surface area contributed by atoms with Gasteiger partial charge in [-0.3, -0.25) is 14.5 Å². The molecule has 0 heterocycles. The molecule has 0 unspecified atom stereocenters. The molecule has 0 bridgehead atoms. The minimum absolute atomic E-state index is 0.0649. The molecule has 5 nitrogen and oxygen atoms in total. The fourth-order valence-corrected chi connectivity index (χ4v) is 3.67. The van der Waals surface area contributed by atoms with Gasteiger partial charge in [0.2, 0.25) is 5.91 Å². The lowest BCUT2D eigenvalue weighted by atomic mass is 10.1. The molecular formula is C23H27ClFN3O2. The zero-order valence-corrected chi connectivity index (χ0v) is 18.1. The number of benzene rings is 2. The molecule has 2 aromatic rings. The van der Waals surface area contributed by atoms with Crippen molar-refractivity contribution in [2.24, 2.45) is 0 Å². The van der Waals surface area contributed by atoms with Crippen LogP contribution in [0.15, 0.2) is 42.5 Å². The molecule has 1 aliphatic carbocycles. The SMILES string of the molecule is CCN(CC)C(=O)c1cccc(NC(=O)CN(Cc2c(F)cccc2Cl)C2CC2)c1. The van der Waals surface area contributed by atoms with Crippen molar-refractivity contribution in [1.29, 1.82) is 0 Å². The van der Waals surface area contributed by atoms with Crippen molar-refractivity contribution in [2.45, 2.75) is 39.3 Å². The molecule has 0 aliphatic heterocycles. The van der Waals surface area contributed by atoms with Crippen LogP contribution in [-0.2, 0) is 11.3 Å². The Bertz CT molecular complexity index is 893. The molecule has 30 heavy (non-hydrogen) atoms. The summed E-state index contributed by atoms with van der Waals surface area (Å²) < 4.78 is 14.2. The predicted molar refractivity (Wildman–Crippen MR) is 117 cm³/mol. The third kappa shape index (κ3) is 5.58. The summed E-state index contributed by atoms with van der Waals surface area (Å²) in [5.41, 5.74) is 1.51. The van der Waals surface area contributed by atoms with Gasteiger partial charge < -0.3 is 10.2 Å². The highest BCUT2D eigenvalue weighted by Crippen LogP contribution is 2.30. The second kappa shape index (κ2) is 10.0. The molecule has 7 heteroatoms. The van der Waals surface area contributed by atoms with E-state index in [1.54, 1.807) is 41.3 Å². The average molecular weight is 432 g/mol. The van der Waals surface area contributed by atoms with E-state index in [2.05, 4.69) is 5.32 Å². The first kappa shape index (κ1) is 22.2.